The van der Waals surface area contributed by atoms with Crippen LogP contribution in [0.3, 0.4) is 0 Å². The first-order valence-corrected chi connectivity index (χ1v) is 7.15. The highest BCUT2D eigenvalue weighted by atomic mass is 16.5. The lowest BCUT2D eigenvalue weighted by atomic mass is 9.95. The predicted octanol–water partition coefficient (Wildman–Crippen LogP) is 1.55. The van der Waals surface area contributed by atoms with Gasteiger partial charge in [-0.1, -0.05) is 5.16 Å². The smallest absolute Gasteiger partial charge is 0.317 e. The van der Waals surface area contributed by atoms with Crippen molar-refractivity contribution >= 4 is 6.03 Å². The van der Waals surface area contributed by atoms with Crippen molar-refractivity contribution in [2.24, 2.45) is 11.8 Å². The molecule has 0 radical (unpaired) electrons. The molecule has 1 aliphatic carbocycles. The first-order chi connectivity index (χ1) is 9.67. The number of likely N-dealkylation sites (tertiary alicyclic amines) is 1. The van der Waals surface area contributed by atoms with E-state index in [2.05, 4.69) is 10.5 Å². The summed E-state index contributed by atoms with van der Waals surface area (Å²) in [5.74, 6) is 1.73. The molecule has 1 saturated carbocycles. The zero-order valence-corrected chi connectivity index (χ0v) is 12.0. The summed E-state index contributed by atoms with van der Waals surface area (Å²) >= 11 is 0. The van der Waals surface area contributed by atoms with Gasteiger partial charge >= 0.3 is 6.03 Å². The Morgan fingerprint density at radius 3 is 2.75 bits per heavy atom. The summed E-state index contributed by atoms with van der Waals surface area (Å²) < 4.78 is 10.5. The van der Waals surface area contributed by atoms with E-state index in [-0.39, 0.29) is 6.03 Å². The average molecular weight is 279 g/mol. The van der Waals surface area contributed by atoms with Crippen molar-refractivity contribution in [2.75, 3.05) is 20.2 Å². The van der Waals surface area contributed by atoms with Gasteiger partial charge in [0.2, 0.25) is 0 Å². The number of fused-ring (bicyclic) bond motifs is 2. The maximum Gasteiger partial charge on any atom is 0.317 e. The van der Waals surface area contributed by atoms with Crippen LogP contribution in [-0.2, 0) is 11.3 Å². The number of ether oxygens (including phenoxy) is 1. The first-order valence-electron chi connectivity index (χ1n) is 7.15. The topological polar surface area (TPSA) is 67.6 Å². The van der Waals surface area contributed by atoms with Crippen LogP contribution in [0.25, 0.3) is 0 Å². The number of urea groups is 1. The van der Waals surface area contributed by atoms with Gasteiger partial charge in [-0.3, -0.25) is 0 Å². The Morgan fingerprint density at radius 1 is 1.50 bits per heavy atom. The van der Waals surface area contributed by atoms with Gasteiger partial charge in [-0.2, -0.15) is 0 Å². The van der Waals surface area contributed by atoms with Crippen molar-refractivity contribution in [3.8, 4) is 0 Å². The van der Waals surface area contributed by atoms with Gasteiger partial charge in [0.25, 0.3) is 0 Å². The molecular formula is C14H21N3O3. The van der Waals surface area contributed by atoms with Crippen molar-refractivity contribution in [1.82, 2.24) is 15.4 Å². The van der Waals surface area contributed by atoms with Gasteiger partial charge in [0.1, 0.15) is 11.5 Å². The fourth-order valence-corrected chi connectivity index (χ4v) is 3.50. The molecule has 2 amide bonds. The zero-order chi connectivity index (χ0) is 14.1. The van der Waals surface area contributed by atoms with Gasteiger partial charge in [-0.15, -0.1) is 0 Å². The first kappa shape index (κ1) is 13.4. The Kier molecular flexibility index (Phi) is 3.65. The van der Waals surface area contributed by atoms with Crippen molar-refractivity contribution in [3.63, 3.8) is 0 Å². The minimum absolute atomic E-state index is 0.0166. The molecule has 1 unspecified atom stereocenters. The maximum atomic E-state index is 12.2. The van der Waals surface area contributed by atoms with E-state index in [1.165, 1.54) is 0 Å². The molecule has 6 heteroatoms. The summed E-state index contributed by atoms with van der Waals surface area (Å²) in [6.07, 6.45) is 2.66. The Labute approximate surface area is 118 Å². The number of rotatable bonds is 3. The van der Waals surface area contributed by atoms with E-state index in [9.17, 15) is 4.79 Å². The van der Waals surface area contributed by atoms with Gasteiger partial charge in [-0.25, -0.2) is 4.79 Å². The number of carbonyl (C=O) groups is 1. The molecular weight excluding hydrogens is 258 g/mol. The largest absolute Gasteiger partial charge is 0.381 e. The number of nitrogens with zero attached hydrogens (tertiary/aromatic N) is 2. The molecule has 2 bridgehead atoms. The second-order valence-electron chi connectivity index (χ2n) is 5.79. The maximum absolute atomic E-state index is 12.2. The number of amides is 2. The van der Waals surface area contributed by atoms with E-state index in [1.54, 1.807) is 7.11 Å². The number of hydrogen-bond acceptors (Lipinski definition) is 4. The molecule has 110 valence electrons. The highest BCUT2D eigenvalue weighted by Gasteiger charge is 2.43. The van der Waals surface area contributed by atoms with Crippen LogP contribution in [0.2, 0.25) is 0 Å². The molecule has 0 aromatic carbocycles. The van der Waals surface area contributed by atoms with E-state index >= 15 is 0 Å². The van der Waals surface area contributed by atoms with Crippen LogP contribution < -0.4 is 5.32 Å². The van der Waals surface area contributed by atoms with E-state index in [0.29, 0.717) is 24.5 Å². The molecule has 1 aromatic rings. The lowest BCUT2D eigenvalue weighted by molar-refractivity contribution is -0.00510. The number of aryl methyl sites for hydroxylation is 1. The van der Waals surface area contributed by atoms with Gasteiger partial charge in [-0.05, 0) is 19.8 Å². The normalized spacial score (nSPS) is 28.7. The summed E-state index contributed by atoms with van der Waals surface area (Å²) in [5, 5.41) is 6.78. The van der Waals surface area contributed by atoms with Crippen molar-refractivity contribution < 1.29 is 14.1 Å². The minimum atomic E-state index is -0.0166. The summed E-state index contributed by atoms with van der Waals surface area (Å²) in [7, 11) is 1.78. The highest BCUT2D eigenvalue weighted by molar-refractivity contribution is 5.74. The van der Waals surface area contributed by atoms with Crippen molar-refractivity contribution in [1.29, 1.82) is 0 Å². The molecule has 1 aromatic heterocycles. The third kappa shape index (κ3) is 2.52. The van der Waals surface area contributed by atoms with Gasteiger partial charge in [0, 0.05) is 38.1 Å². The summed E-state index contributed by atoms with van der Waals surface area (Å²) in [4.78, 5) is 14.1. The van der Waals surface area contributed by atoms with Crippen LogP contribution in [-0.4, -0.2) is 42.4 Å². The Balaban J connectivity index is 1.54. The van der Waals surface area contributed by atoms with E-state index in [1.807, 2.05) is 17.9 Å². The van der Waals surface area contributed by atoms with Crippen LogP contribution in [0.1, 0.15) is 24.3 Å². The second-order valence-corrected chi connectivity index (χ2v) is 5.79. The quantitative estimate of drug-likeness (QED) is 0.911. The molecule has 2 fully saturated rings. The fourth-order valence-electron chi connectivity index (χ4n) is 3.50. The number of hydrogen-bond donors (Lipinski definition) is 1. The third-order valence-corrected chi connectivity index (χ3v) is 4.40. The van der Waals surface area contributed by atoms with E-state index in [0.717, 1.165) is 37.4 Å². The Morgan fingerprint density at radius 2 is 2.20 bits per heavy atom. The number of nitrogens with one attached hydrogen (secondary N) is 1. The minimum Gasteiger partial charge on any atom is -0.381 e. The molecule has 0 spiro atoms. The van der Waals surface area contributed by atoms with E-state index in [4.69, 9.17) is 9.26 Å². The molecule has 1 aliphatic heterocycles. The van der Waals surface area contributed by atoms with Gasteiger partial charge < -0.3 is 19.5 Å². The molecule has 2 heterocycles. The molecule has 3 rings (SSSR count). The summed E-state index contributed by atoms with van der Waals surface area (Å²) in [5.41, 5.74) is 0.755. The van der Waals surface area contributed by atoms with Gasteiger partial charge in [0.15, 0.2) is 0 Å². The zero-order valence-electron chi connectivity index (χ0n) is 12.0. The molecule has 1 saturated heterocycles. The second kappa shape index (κ2) is 5.44. The van der Waals surface area contributed by atoms with Crippen molar-refractivity contribution in [2.45, 2.75) is 32.4 Å². The standard InChI is InChI=1S/C14H21N3O3/c1-9-5-12(16-20-9)6-15-14(18)17-7-10-3-4-11(8-17)13(10)19-2/h5,10-11,13H,3-4,6-8H2,1-2H3,(H,15,18)/t10-,11+,13?. The number of aromatic nitrogens is 1. The molecule has 6 nitrogen and oxygen atoms in total. The fraction of sp³-hybridized carbons (Fsp3) is 0.714. The number of piperidine rings is 1. The van der Waals surface area contributed by atoms with Crippen LogP contribution in [0.5, 0.6) is 0 Å². The van der Waals surface area contributed by atoms with Crippen LogP contribution in [0, 0.1) is 18.8 Å². The number of carbonyl (C=O) groups excluding carboxylic acids is 1. The van der Waals surface area contributed by atoms with Crippen LogP contribution in [0.4, 0.5) is 4.79 Å². The summed E-state index contributed by atoms with van der Waals surface area (Å²) in [6, 6.07) is 1.82. The average Bonchev–Trinajstić information content (AvgIpc) is 2.96. The molecule has 1 N–H and O–H groups in total. The Bertz CT molecular complexity index is 474. The molecule has 2 aliphatic rings. The van der Waals surface area contributed by atoms with Crippen LogP contribution in [0.15, 0.2) is 10.6 Å². The van der Waals surface area contributed by atoms with Crippen molar-refractivity contribution in [3.05, 3.63) is 17.5 Å². The van der Waals surface area contributed by atoms with Gasteiger partial charge in [0.05, 0.1) is 12.6 Å². The SMILES string of the molecule is COC1[C@@H]2CC[C@H]1CN(C(=O)NCc1cc(C)on1)C2. The number of methoxy groups -OCH3 is 1. The monoisotopic (exact) mass is 279 g/mol. The van der Waals surface area contributed by atoms with Crippen LogP contribution >= 0.6 is 0 Å². The molecule has 3 atom stereocenters. The van der Waals surface area contributed by atoms with E-state index < -0.39 is 0 Å². The molecule has 20 heavy (non-hydrogen) atoms. The lowest BCUT2D eigenvalue weighted by Gasteiger charge is -2.37. The highest BCUT2D eigenvalue weighted by Crippen LogP contribution is 2.38. The summed E-state index contributed by atoms with van der Waals surface area (Å²) in [6.45, 7) is 3.83. The third-order valence-electron chi connectivity index (χ3n) is 4.40. The predicted molar refractivity (Wildman–Crippen MR) is 72.1 cm³/mol. The lowest BCUT2D eigenvalue weighted by Crippen LogP contribution is -2.51. The Hall–Kier alpha value is -1.56.